The number of aromatic nitrogens is 2. The van der Waals surface area contributed by atoms with E-state index in [2.05, 4.69) is 9.97 Å². The van der Waals surface area contributed by atoms with Gasteiger partial charge in [-0.2, -0.15) is 0 Å². The average Bonchev–Trinajstić information content (AvgIpc) is 3.03. The fraction of sp³-hybridized carbons (Fsp3) is 0.200. The second-order valence-electron chi connectivity index (χ2n) is 5.91. The van der Waals surface area contributed by atoms with E-state index in [0.29, 0.717) is 17.8 Å². The van der Waals surface area contributed by atoms with E-state index >= 15 is 0 Å². The van der Waals surface area contributed by atoms with Crippen molar-refractivity contribution in [2.45, 2.75) is 13.8 Å². The number of carbonyl (C=O) groups excluding carboxylic acids is 1. The number of aromatic amines is 1. The normalized spacial score (nSPS) is 11.3. The van der Waals surface area contributed by atoms with Gasteiger partial charge in [-0.05, 0) is 31.5 Å². The number of ether oxygens (including phenoxy) is 2. The van der Waals surface area contributed by atoms with Crippen molar-refractivity contribution < 1.29 is 14.3 Å². The van der Waals surface area contributed by atoms with E-state index in [1.807, 2.05) is 43.3 Å². The number of rotatable bonds is 3. The van der Waals surface area contributed by atoms with Crippen LogP contribution in [0.25, 0.3) is 32.7 Å². The summed E-state index contributed by atoms with van der Waals surface area (Å²) in [4.78, 5) is 20.4. The summed E-state index contributed by atoms with van der Waals surface area (Å²) in [5, 5.41) is 3.01. The lowest BCUT2D eigenvalue weighted by Crippen LogP contribution is -2.08. The molecule has 5 nitrogen and oxygen atoms in total. The minimum Gasteiger partial charge on any atom is -0.495 e. The SMILES string of the molecule is CCOC(=O)c1nc2ccccc2c2c1[nH]c1c(OC)ccc(C)c12. The highest BCUT2D eigenvalue weighted by atomic mass is 16.5. The molecular formula is C20H18N2O3. The van der Waals surface area contributed by atoms with Crippen molar-refractivity contribution in [1.29, 1.82) is 0 Å². The van der Waals surface area contributed by atoms with E-state index in [1.165, 1.54) is 0 Å². The molecule has 126 valence electrons. The number of hydrogen-bond acceptors (Lipinski definition) is 4. The molecule has 5 heteroatoms. The molecule has 0 unspecified atom stereocenters. The number of esters is 1. The Morgan fingerprint density at radius 2 is 1.92 bits per heavy atom. The monoisotopic (exact) mass is 334 g/mol. The number of aryl methyl sites for hydroxylation is 1. The van der Waals surface area contributed by atoms with E-state index in [1.54, 1.807) is 14.0 Å². The molecule has 0 radical (unpaired) electrons. The first-order chi connectivity index (χ1) is 12.2. The molecule has 0 saturated carbocycles. The molecule has 0 aliphatic heterocycles. The van der Waals surface area contributed by atoms with Crippen LogP contribution in [0, 0.1) is 6.92 Å². The topological polar surface area (TPSA) is 64.2 Å². The average molecular weight is 334 g/mol. The Morgan fingerprint density at radius 1 is 1.12 bits per heavy atom. The Balaban J connectivity index is 2.25. The van der Waals surface area contributed by atoms with Crippen LogP contribution in [0.3, 0.4) is 0 Å². The summed E-state index contributed by atoms with van der Waals surface area (Å²) >= 11 is 0. The maximum Gasteiger partial charge on any atom is 0.359 e. The molecule has 1 N–H and O–H groups in total. The van der Waals surface area contributed by atoms with Gasteiger partial charge in [0, 0.05) is 16.2 Å². The quantitative estimate of drug-likeness (QED) is 0.565. The zero-order valence-electron chi connectivity index (χ0n) is 14.3. The molecule has 0 saturated heterocycles. The van der Waals surface area contributed by atoms with Crippen molar-refractivity contribution in [1.82, 2.24) is 9.97 Å². The number of nitrogens with one attached hydrogen (secondary N) is 1. The molecule has 0 spiro atoms. The van der Waals surface area contributed by atoms with Crippen molar-refractivity contribution in [3.63, 3.8) is 0 Å². The smallest absolute Gasteiger partial charge is 0.359 e. The van der Waals surface area contributed by atoms with Gasteiger partial charge in [-0.3, -0.25) is 0 Å². The first-order valence-electron chi connectivity index (χ1n) is 8.20. The number of methoxy groups -OCH3 is 1. The molecule has 25 heavy (non-hydrogen) atoms. The minimum absolute atomic E-state index is 0.299. The Morgan fingerprint density at radius 3 is 2.68 bits per heavy atom. The van der Waals surface area contributed by atoms with Crippen LogP contribution in [0.1, 0.15) is 23.0 Å². The standard InChI is InChI=1S/C20H18N2O3/c1-4-25-20(23)19-18-16(12-7-5-6-8-13(12)21-19)15-11(2)9-10-14(24-3)17(15)22-18/h5-10,22H,4H2,1-3H3. The van der Waals surface area contributed by atoms with Gasteiger partial charge in [-0.15, -0.1) is 0 Å². The molecule has 2 aromatic carbocycles. The first-order valence-corrected chi connectivity index (χ1v) is 8.20. The molecule has 0 bridgehead atoms. The van der Waals surface area contributed by atoms with E-state index < -0.39 is 5.97 Å². The Labute approximate surface area is 144 Å². The number of hydrogen-bond donors (Lipinski definition) is 1. The molecule has 0 atom stereocenters. The van der Waals surface area contributed by atoms with Gasteiger partial charge < -0.3 is 14.5 Å². The Bertz CT molecular complexity index is 1130. The van der Waals surface area contributed by atoms with Crippen LogP contribution < -0.4 is 4.74 Å². The summed E-state index contributed by atoms with van der Waals surface area (Å²) in [5.41, 5.74) is 3.71. The van der Waals surface area contributed by atoms with Crippen LogP contribution in [-0.4, -0.2) is 29.7 Å². The predicted molar refractivity (Wildman–Crippen MR) is 98.4 cm³/mol. The molecular weight excluding hydrogens is 316 g/mol. The Hall–Kier alpha value is -3.08. The minimum atomic E-state index is -0.429. The summed E-state index contributed by atoms with van der Waals surface area (Å²) in [6.45, 7) is 4.14. The predicted octanol–water partition coefficient (Wildman–Crippen LogP) is 4.36. The second-order valence-corrected chi connectivity index (χ2v) is 5.91. The van der Waals surface area contributed by atoms with Crippen LogP contribution in [0.2, 0.25) is 0 Å². The van der Waals surface area contributed by atoms with E-state index in [0.717, 1.165) is 38.5 Å². The van der Waals surface area contributed by atoms with E-state index in [4.69, 9.17) is 9.47 Å². The highest BCUT2D eigenvalue weighted by Gasteiger charge is 2.21. The van der Waals surface area contributed by atoms with Crippen LogP contribution in [-0.2, 0) is 4.74 Å². The van der Waals surface area contributed by atoms with E-state index in [-0.39, 0.29) is 0 Å². The summed E-state index contributed by atoms with van der Waals surface area (Å²) < 4.78 is 10.7. The fourth-order valence-corrected chi connectivity index (χ4v) is 3.37. The summed E-state index contributed by atoms with van der Waals surface area (Å²) in [6, 6.07) is 11.8. The molecule has 2 aromatic heterocycles. The third-order valence-corrected chi connectivity index (χ3v) is 4.46. The van der Waals surface area contributed by atoms with E-state index in [9.17, 15) is 4.79 Å². The molecule has 4 rings (SSSR count). The number of nitrogens with zero attached hydrogens (tertiary/aromatic N) is 1. The third-order valence-electron chi connectivity index (χ3n) is 4.46. The van der Waals surface area contributed by atoms with Gasteiger partial charge in [0.1, 0.15) is 5.75 Å². The fourth-order valence-electron chi connectivity index (χ4n) is 3.37. The molecule has 0 aliphatic rings. The molecule has 4 aromatic rings. The first kappa shape index (κ1) is 15.4. The maximum absolute atomic E-state index is 12.5. The summed E-state index contributed by atoms with van der Waals surface area (Å²) in [5.74, 6) is 0.303. The number of H-pyrrole nitrogens is 1. The number of pyridine rings is 1. The summed E-state index contributed by atoms with van der Waals surface area (Å²) in [7, 11) is 1.64. The van der Waals surface area contributed by atoms with Crippen LogP contribution in [0.5, 0.6) is 5.75 Å². The highest BCUT2D eigenvalue weighted by molar-refractivity contribution is 6.24. The maximum atomic E-state index is 12.5. The number of fused-ring (bicyclic) bond motifs is 5. The number of carbonyl (C=O) groups is 1. The van der Waals surface area contributed by atoms with Gasteiger partial charge in [0.15, 0.2) is 5.69 Å². The third kappa shape index (κ3) is 2.23. The second kappa shape index (κ2) is 5.77. The van der Waals surface area contributed by atoms with Gasteiger partial charge in [0.2, 0.25) is 0 Å². The van der Waals surface area contributed by atoms with Crippen molar-refractivity contribution >= 4 is 38.7 Å². The van der Waals surface area contributed by atoms with Gasteiger partial charge in [-0.25, -0.2) is 9.78 Å². The molecule has 0 aliphatic carbocycles. The summed E-state index contributed by atoms with van der Waals surface area (Å²) in [6.07, 6.45) is 0. The van der Waals surface area contributed by atoms with Gasteiger partial charge in [0.25, 0.3) is 0 Å². The van der Waals surface area contributed by atoms with Crippen molar-refractivity contribution in [3.8, 4) is 5.75 Å². The zero-order chi connectivity index (χ0) is 17.6. The van der Waals surface area contributed by atoms with Crippen molar-refractivity contribution in [3.05, 3.63) is 47.7 Å². The van der Waals surface area contributed by atoms with Gasteiger partial charge in [-0.1, -0.05) is 24.3 Å². The van der Waals surface area contributed by atoms with Crippen molar-refractivity contribution in [2.24, 2.45) is 0 Å². The number of benzene rings is 2. The largest absolute Gasteiger partial charge is 0.495 e. The van der Waals surface area contributed by atoms with Crippen molar-refractivity contribution in [2.75, 3.05) is 13.7 Å². The Kier molecular flexibility index (Phi) is 3.57. The van der Waals surface area contributed by atoms with Crippen LogP contribution in [0.4, 0.5) is 0 Å². The van der Waals surface area contributed by atoms with Gasteiger partial charge >= 0.3 is 5.97 Å². The van der Waals surface area contributed by atoms with Crippen LogP contribution in [0.15, 0.2) is 36.4 Å². The number of para-hydroxylation sites is 1. The molecule has 2 heterocycles. The van der Waals surface area contributed by atoms with Crippen LogP contribution >= 0.6 is 0 Å². The molecule has 0 amide bonds. The lowest BCUT2D eigenvalue weighted by Gasteiger charge is -2.07. The highest BCUT2D eigenvalue weighted by Crippen LogP contribution is 2.38. The lowest BCUT2D eigenvalue weighted by atomic mass is 10.0. The zero-order valence-corrected chi connectivity index (χ0v) is 14.3. The molecule has 0 fully saturated rings. The lowest BCUT2D eigenvalue weighted by molar-refractivity contribution is 0.0522. The van der Waals surface area contributed by atoms with Gasteiger partial charge in [0.05, 0.1) is 30.3 Å².